The second kappa shape index (κ2) is 5.75. The number of carbonyl (C=O) groups excluding carboxylic acids is 1. The van der Waals surface area contributed by atoms with Gasteiger partial charge >= 0.3 is 0 Å². The van der Waals surface area contributed by atoms with Crippen LogP contribution in [0.3, 0.4) is 0 Å². The smallest absolute Gasteiger partial charge is 0.270 e. The van der Waals surface area contributed by atoms with Gasteiger partial charge in [0.2, 0.25) is 0 Å². The van der Waals surface area contributed by atoms with Gasteiger partial charge in [-0.05, 0) is 25.0 Å². The summed E-state index contributed by atoms with van der Waals surface area (Å²) >= 11 is 0. The fraction of sp³-hybridized carbons (Fsp3) is 0.400. The molecule has 7 heteroatoms. The van der Waals surface area contributed by atoms with Crippen LogP contribution in [0.25, 0.3) is 0 Å². The van der Waals surface area contributed by atoms with Gasteiger partial charge in [0.25, 0.3) is 5.91 Å². The normalized spacial score (nSPS) is 17.8. The third-order valence-corrected chi connectivity index (χ3v) is 3.86. The lowest BCUT2D eigenvalue weighted by molar-refractivity contribution is 0.0727. The lowest BCUT2D eigenvalue weighted by Gasteiger charge is -2.23. The van der Waals surface area contributed by atoms with Crippen molar-refractivity contribution >= 4 is 11.7 Å². The van der Waals surface area contributed by atoms with Crippen molar-refractivity contribution in [3.05, 3.63) is 41.6 Å². The highest BCUT2D eigenvalue weighted by molar-refractivity contribution is 5.92. The van der Waals surface area contributed by atoms with Crippen LogP contribution in [0.15, 0.2) is 24.4 Å². The molecule has 3 rings (SSSR count). The van der Waals surface area contributed by atoms with Crippen molar-refractivity contribution in [2.45, 2.75) is 18.9 Å². The molecule has 1 atom stereocenters. The maximum atomic E-state index is 13.1. The highest BCUT2D eigenvalue weighted by atomic mass is 19.1. The summed E-state index contributed by atoms with van der Waals surface area (Å²) in [7, 11) is 3.80. The zero-order valence-corrected chi connectivity index (χ0v) is 12.6. The molecule has 0 saturated carbocycles. The van der Waals surface area contributed by atoms with E-state index in [1.807, 2.05) is 31.1 Å². The standard InChI is InChI=1S/C15H18FN5O/c1-20(2)14-6-5-11(18-19-14)13-4-3-7-21(13)15(22)12-8-10(16)9-17-12/h5-6,8-9,13,17H,3-4,7H2,1-2H3. The molecule has 1 unspecified atom stereocenters. The maximum absolute atomic E-state index is 13.1. The Labute approximate surface area is 128 Å². The van der Waals surface area contributed by atoms with Crippen LogP contribution in [-0.2, 0) is 0 Å². The molecule has 0 aliphatic carbocycles. The monoisotopic (exact) mass is 303 g/mol. The summed E-state index contributed by atoms with van der Waals surface area (Å²) < 4.78 is 13.1. The second-order valence-electron chi connectivity index (χ2n) is 5.60. The van der Waals surface area contributed by atoms with Crippen molar-refractivity contribution in [3.8, 4) is 0 Å². The van der Waals surface area contributed by atoms with E-state index in [9.17, 15) is 9.18 Å². The summed E-state index contributed by atoms with van der Waals surface area (Å²) in [6, 6.07) is 4.90. The number of rotatable bonds is 3. The summed E-state index contributed by atoms with van der Waals surface area (Å²) in [6.07, 6.45) is 2.92. The summed E-state index contributed by atoms with van der Waals surface area (Å²) in [5, 5.41) is 8.41. The van der Waals surface area contributed by atoms with E-state index in [4.69, 9.17) is 0 Å². The molecule has 0 radical (unpaired) electrons. The van der Waals surface area contributed by atoms with Crippen LogP contribution in [0, 0.1) is 5.82 Å². The third-order valence-electron chi connectivity index (χ3n) is 3.86. The molecule has 1 amide bonds. The molecule has 22 heavy (non-hydrogen) atoms. The number of hydrogen-bond acceptors (Lipinski definition) is 4. The van der Waals surface area contributed by atoms with Crippen molar-refractivity contribution in [3.63, 3.8) is 0 Å². The molecule has 6 nitrogen and oxygen atoms in total. The quantitative estimate of drug-likeness (QED) is 0.941. The molecule has 0 bridgehead atoms. The molecular formula is C15H18FN5O. The molecule has 1 N–H and O–H groups in total. The van der Waals surface area contributed by atoms with E-state index in [1.54, 1.807) is 4.90 Å². The molecule has 1 fully saturated rings. The van der Waals surface area contributed by atoms with Crippen LogP contribution in [-0.4, -0.2) is 46.6 Å². The molecule has 0 aromatic carbocycles. The number of likely N-dealkylation sites (tertiary alicyclic amines) is 1. The fourth-order valence-corrected chi connectivity index (χ4v) is 2.72. The molecule has 1 aliphatic rings. The Balaban J connectivity index is 1.82. The van der Waals surface area contributed by atoms with Gasteiger partial charge in [-0.2, -0.15) is 5.10 Å². The zero-order valence-electron chi connectivity index (χ0n) is 12.6. The van der Waals surface area contributed by atoms with Crippen molar-refractivity contribution in [1.82, 2.24) is 20.1 Å². The zero-order chi connectivity index (χ0) is 15.7. The average Bonchev–Trinajstić information content (AvgIpc) is 3.15. The first-order valence-corrected chi connectivity index (χ1v) is 7.22. The van der Waals surface area contributed by atoms with Gasteiger partial charge in [0.05, 0.1) is 11.7 Å². The third kappa shape index (κ3) is 2.66. The van der Waals surface area contributed by atoms with Crippen LogP contribution in [0.2, 0.25) is 0 Å². The van der Waals surface area contributed by atoms with Gasteiger partial charge in [-0.3, -0.25) is 4.79 Å². The van der Waals surface area contributed by atoms with Crippen LogP contribution in [0.4, 0.5) is 10.2 Å². The first kappa shape index (κ1) is 14.5. The molecule has 3 heterocycles. The number of halogens is 1. The molecule has 1 saturated heterocycles. The Morgan fingerprint density at radius 1 is 1.41 bits per heavy atom. The predicted molar refractivity (Wildman–Crippen MR) is 80.1 cm³/mol. The van der Waals surface area contributed by atoms with Crippen molar-refractivity contribution in [1.29, 1.82) is 0 Å². The number of aromatic nitrogens is 3. The molecule has 116 valence electrons. The Bertz CT molecular complexity index is 667. The van der Waals surface area contributed by atoms with Gasteiger partial charge in [-0.15, -0.1) is 5.10 Å². The molecular weight excluding hydrogens is 285 g/mol. The Hall–Kier alpha value is -2.44. The van der Waals surface area contributed by atoms with Gasteiger partial charge in [0.15, 0.2) is 5.82 Å². The van der Waals surface area contributed by atoms with E-state index < -0.39 is 5.82 Å². The SMILES string of the molecule is CN(C)c1ccc(C2CCCN2C(=O)c2cc(F)c[nH]2)nn1. The highest BCUT2D eigenvalue weighted by Crippen LogP contribution is 2.32. The Morgan fingerprint density at radius 3 is 2.82 bits per heavy atom. The van der Waals surface area contributed by atoms with Gasteiger partial charge in [0, 0.05) is 32.9 Å². The van der Waals surface area contributed by atoms with E-state index in [0.717, 1.165) is 24.4 Å². The van der Waals surface area contributed by atoms with Crippen LogP contribution < -0.4 is 4.90 Å². The van der Waals surface area contributed by atoms with Gasteiger partial charge in [-0.25, -0.2) is 4.39 Å². The summed E-state index contributed by atoms with van der Waals surface area (Å²) in [6.45, 7) is 0.640. The van der Waals surface area contributed by atoms with Crippen LogP contribution in [0.5, 0.6) is 0 Å². The van der Waals surface area contributed by atoms with E-state index in [0.29, 0.717) is 6.54 Å². The number of hydrogen-bond donors (Lipinski definition) is 1. The lowest BCUT2D eigenvalue weighted by atomic mass is 10.1. The van der Waals surface area contributed by atoms with Crippen molar-refractivity contribution in [2.24, 2.45) is 0 Å². The Kier molecular flexibility index (Phi) is 3.79. The summed E-state index contributed by atoms with van der Waals surface area (Å²) in [5.41, 5.74) is 1.03. The second-order valence-corrected chi connectivity index (χ2v) is 5.60. The first-order valence-electron chi connectivity index (χ1n) is 7.22. The predicted octanol–water partition coefficient (Wildman–Crippen LogP) is 1.99. The van der Waals surface area contributed by atoms with E-state index in [1.165, 1.54) is 12.3 Å². The molecule has 2 aromatic rings. The largest absolute Gasteiger partial charge is 0.361 e. The minimum atomic E-state index is -0.436. The molecule has 1 aliphatic heterocycles. The number of nitrogens with one attached hydrogen (secondary N) is 1. The number of H-pyrrole nitrogens is 1. The first-order chi connectivity index (χ1) is 10.6. The van der Waals surface area contributed by atoms with Gasteiger partial charge in [-0.1, -0.05) is 0 Å². The number of anilines is 1. The van der Waals surface area contributed by atoms with Crippen LogP contribution >= 0.6 is 0 Å². The van der Waals surface area contributed by atoms with E-state index in [-0.39, 0.29) is 17.6 Å². The van der Waals surface area contributed by atoms with E-state index >= 15 is 0 Å². The minimum Gasteiger partial charge on any atom is -0.361 e. The van der Waals surface area contributed by atoms with Crippen molar-refractivity contribution < 1.29 is 9.18 Å². The topological polar surface area (TPSA) is 65.1 Å². The fourth-order valence-electron chi connectivity index (χ4n) is 2.72. The molecule has 2 aromatic heterocycles. The van der Waals surface area contributed by atoms with Crippen molar-refractivity contribution in [2.75, 3.05) is 25.5 Å². The van der Waals surface area contributed by atoms with Gasteiger partial charge < -0.3 is 14.8 Å². The average molecular weight is 303 g/mol. The highest BCUT2D eigenvalue weighted by Gasteiger charge is 2.32. The number of nitrogens with zero attached hydrogens (tertiary/aromatic N) is 4. The molecule has 0 spiro atoms. The minimum absolute atomic E-state index is 0.109. The van der Waals surface area contributed by atoms with Crippen LogP contribution in [0.1, 0.15) is 35.1 Å². The summed E-state index contributed by atoms with van der Waals surface area (Å²) in [4.78, 5) is 18.8. The van der Waals surface area contributed by atoms with Gasteiger partial charge in [0.1, 0.15) is 11.5 Å². The number of aromatic amines is 1. The number of carbonyl (C=O) groups is 1. The lowest BCUT2D eigenvalue weighted by Crippen LogP contribution is -2.31. The maximum Gasteiger partial charge on any atom is 0.270 e. The summed E-state index contributed by atoms with van der Waals surface area (Å²) in [5.74, 6) is 0.130. The Morgan fingerprint density at radius 2 is 2.23 bits per heavy atom. The van der Waals surface area contributed by atoms with E-state index in [2.05, 4.69) is 15.2 Å². The number of amides is 1.